The van der Waals surface area contributed by atoms with Crippen LogP contribution in [0.15, 0.2) is 58.8 Å². The van der Waals surface area contributed by atoms with Gasteiger partial charge in [0.25, 0.3) is 0 Å². The van der Waals surface area contributed by atoms with Crippen molar-refractivity contribution in [3.05, 3.63) is 59.7 Å². The van der Waals surface area contributed by atoms with E-state index in [4.69, 9.17) is 4.74 Å². The van der Waals surface area contributed by atoms with Crippen LogP contribution in [0.3, 0.4) is 0 Å². The van der Waals surface area contributed by atoms with E-state index in [-0.39, 0.29) is 12.4 Å². The molecule has 0 saturated heterocycles. The SMILES string of the molecule is CCOC(=O)Cn1c(O)c(N=NCc2ccccc2C)c2ccccc21. The van der Waals surface area contributed by atoms with E-state index in [0.29, 0.717) is 24.4 Å². The number of aromatic nitrogens is 1. The van der Waals surface area contributed by atoms with Crippen LogP contribution < -0.4 is 0 Å². The summed E-state index contributed by atoms with van der Waals surface area (Å²) >= 11 is 0. The lowest BCUT2D eigenvalue weighted by Crippen LogP contribution is -2.12. The van der Waals surface area contributed by atoms with Gasteiger partial charge in [-0.15, -0.1) is 5.11 Å². The van der Waals surface area contributed by atoms with Gasteiger partial charge >= 0.3 is 5.97 Å². The molecule has 3 aromatic rings. The number of aromatic hydroxyl groups is 1. The molecule has 0 radical (unpaired) electrons. The van der Waals surface area contributed by atoms with Crippen molar-refractivity contribution in [2.24, 2.45) is 10.2 Å². The van der Waals surface area contributed by atoms with E-state index in [9.17, 15) is 9.90 Å². The highest BCUT2D eigenvalue weighted by atomic mass is 16.5. The minimum Gasteiger partial charge on any atom is -0.493 e. The van der Waals surface area contributed by atoms with E-state index in [1.165, 1.54) is 4.57 Å². The number of para-hydroxylation sites is 1. The average molecular weight is 351 g/mol. The minimum absolute atomic E-state index is 0.0759. The molecule has 1 heterocycles. The zero-order valence-electron chi connectivity index (χ0n) is 14.8. The molecule has 26 heavy (non-hydrogen) atoms. The van der Waals surface area contributed by atoms with Crippen molar-refractivity contribution in [2.75, 3.05) is 6.61 Å². The lowest BCUT2D eigenvalue weighted by atomic mass is 10.1. The van der Waals surface area contributed by atoms with Gasteiger partial charge in [0.1, 0.15) is 6.54 Å². The summed E-state index contributed by atoms with van der Waals surface area (Å²) in [6.45, 7) is 4.41. The van der Waals surface area contributed by atoms with Crippen LogP contribution in [0.4, 0.5) is 5.69 Å². The molecule has 0 spiro atoms. The highest BCUT2D eigenvalue weighted by Gasteiger charge is 2.18. The Morgan fingerprint density at radius 1 is 1.15 bits per heavy atom. The standard InChI is InChI=1S/C20H21N3O3/c1-3-26-18(24)13-23-17-11-7-6-10-16(17)19(20(23)25)22-21-12-15-9-5-4-8-14(15)2/h4-11,25H,3,12-13H2,1-2H3. The van der Waals surface area contributed by atoms with Crippen molar-refractivity contribution in [2.45, 2.75) is 26.9 Å². The quantitative estimate of drug-likeness (QED) is 0.525. The summed E-state index contributed by atoms with van der Waals surface area (Å²) < 4.78 is 6.48. The second-order valence-electron chi connectivity index (χ2n) is 5.91. The van der Waals surface area contributed by atoms with E-state index in [1.54, 1.807) is 6.92 Å². The first-order chi connectivity index (χ1) is 12.6. The molecule has 134 valence electrons. The van der Waals surface area contributed by atoms with Gasteiger partial charge in [0.15, 0.2) is 5.69 Å². The predicted octanol–water partition coefficient (Wildman–Crippen LogP) is 4.50. The van der Waals surface area contributed by atoms with Gasteiger partial charge in [-0.2, -0.15) is 5.11 Å². The molecule has 0 fully saturated rings. The second-order valence-corrected chi connectivity index (χ2v) is 5.91. The molecule has 0 saturated carbocycles. The number of nitrogens with zero attached hydrogens (tertiary/aromatic N) is 3. The van der Waals surface area contributed by atoms with Gasteiger partial charge in [-0.25, -0.2) is 0 Å². The monoisotopic (exact) mass is 351 g/mol. The van der Waals surface area contributed by atoms with Gasteiger partial charge in [0, 0.05) is 5.39 Å². The minimum atomic E-state index is -0.410. The van der Waals surface area contributed by atoms with Gasteiger partial charge in [0.05, 0.1) is 18.7 Å². The molecule has 0 aliphatic carbocycles. The third-order valence-corrected chi connectivity index (χ3v) is 4.18. The number of hydrogen-bond acceptors (Lipinski definition) is 5. The van der Waals surface area contributed by atoms with E-state index < -0.39 is 5.97 Å². The maximum atomic E-state index is 11.8. The van der Waals surface area contributed by atoms with Gasteiger partial charge in [-0.05, 0) is 31.0 Å². The van der Waals surface area contributed by atoms with Crippen LogP contribution in [0.25, 0.3) is 10.9 Å². The number of esters is 1. The molecule has 1 aromatic heterocycles. The number of aryl methyl sites for hydroxylation is 1. The summed E-state index contributed by atoms with van der Waals surface area (Å²) in [5, 5.41) is 19.8. The van der Waals surface area contributed by atoms with Crippen molar-refractivity contribution < 1.29 is 14.6 Å². The predicted molar refractivity (Wildman–Crippen MR) is 99.6 cm³/mol. The molecule has 0 bridgehead atoms. The fraction of sp³-hybridized carbons (Fsp3) is 0.250. The van der Waals surface area contributed by atoms with E-state index in [0.717, 1.165) is 16.5 Å². The van der Waals surface area contributed by atoms with Crippen molar-refractivity contribution in [3.63, 3.8) is 0 Å². The lowest BCUT2D eigenvalue weighted by molar-refractivity contribution is -0.143. The first-order valence-corrected chi connectivity index (χ1v) is 8.49. The maximum Gasteiger partial charge on any atom is 0.326 e. The molecule has 0 atom stereocenters. The fourth-order valence-corrected chi connectivity index (χ4v) is 2.84. The summed E-state index contributed by atoms with van der Waals surface area (Å²) in [5.74, 6) is -0.500. The Hall–Kier alpha value is -3.15. The number of rotatable bonds is 6. The van der Waals surface area contributed by atoms with Crippen LogP contribution in [-0.2, 0) is 22.6 Å². The number of benzene rings is 2. The molecule has 0 amide bonds. The Kier molecular flexibility index (Phi) is 5.31. The van der Waals surface area contributed by atoms with Crippen LogP contribution in [0.2, 0.25) is 0 Å². The highest BCUT2D eigenvalue weighted by molar-refractivity contribution is 5.95. The first-order valence-electron chi connectivity index (χ1n) is 8.49. The summed E-state index contributed by atoms with van der Waals surface area (Å²) in [4.78, 5) is 11.8. The fourth-order valence-electron chi connectivity index (χ4n) is 2.84. The van der Waals surface area contributed by atoms with E-state index in [2.05, 4.69) is 10.2 Å². The summed E-state index contributed by atoms with van der Waals surface area (Å²) in [5.41, 5.74) is 3.28. The molecular weight excluding hydrogens is 330 g/mol. The zero-order valence-corrected chi connectivity index (χ0v) is 14.8. The van der Waals surface area contributed by atoms with Crippen LogP contribution in [0, 0.1) is 6.92 Å². The summed E-state index contributed by atoms with van der Waals surface area (Å²) in [6.07, 6.45) is 0. The molecule has 0 aliphatic rings. The largest absolute Gasteiger partial charge is 0.493 e. The number of fused-ring (bicyclic) bond motifs is 1. The molecule has 2 aromatic carbocycles. The van der Waals surface area contributed by atoms with Crippen molar-refractivity contribution in [1.82, 2.24) is 4.57 Å². The number of azo groups is 1. The van der Waals surface area contributed by atoms with Gasteiger partial charge < -0.3 is 9.84 Å². The van der Waals surface area contributed by atoms with Crippen LogP contribution >= 0.6 is 0 Å². The molecule has 6 heteroatoms. The normalized spacial score (nSPS) is 11.3. The molecular formula is C20H21N3O3. The highest BCUT2D eigenvalue weighted by Crippen LogP contribution is 2.38. The van der Waals surface area contributed by atoms with Crippen molar-refractivity contribution in [1.29, 1.82) is 0 Å². The molecule has 0 unspecified atom stereocenters. The summed E-state index contributed by atoms with van der Waals surface area (Å²) in [7, 11) is 0. The smallest absolute Gasteiger partial charge is 0.326 e. The number of ether oxygens (including phenoxy) is 1. The van der Waals surface area contributed by atoms with Gasteiger partial charge in [-0.3, -0.25) is 9.36 Å². The molecule has 1 N–H and O–H groups in total. The third-order valence-electron chi connectivity index (χ3n) is 4.18. The first kappa shape index (κ1) is 17.7. The van der Waals surface area contributed by atoms with Crippen molar-refractivity contribution >= 4 is 22.6 Å². The van der Waals surface area contributed by atoms with Crippen LogP contribution in [0.5, 0.6) is 5.88 Å². The Bertz CT molecular complexity index is 960. The molecule has 6 nitrogen and oxygen atoms in total. The van der Waals surface area contributed by atoms with Crippen molar-refractivity contribution in [3.8, 4) is 5.88 Å². The summed E-state index contributed by atoms with van der Waals surface area (Å²) in [6, 6.07) is 15.3. The second kappa shape index (κ2) is 7.82. The number of carbonyl (C=O) groups excluding carboxylic acids is 1. The maximum absolute atomic E-state index is 11.8. The van der Waals surface area contributed by atoms with Gasteiger partial charge in [0.2, 0.25) is 5.88 Å². The number of carbonyl (C=O) groups is 1. The third kappa shape index (κ3) is 3.59. The van der Waals surface area contributed by atoms with Crippen LogP contribution in [-0.4, -0.2) is 22.2 Å². The molecule has 0 aliphatic heterocycles. The number of hydrogen-bond donors (Lipinski definition) is 1. The van der Waals surface area contributed by atoms with Crippen LogP contribution in [0.1, 0.15) is 18.1 Å². The zero-order chi connectivity index (χ0) is 18.5. The van der Waals surface area contributed by atoms with E-state index >= 15 is 0 Å². The lowest BCUT2D eigenvalue weighted by Gasteiger charge is -2.06. The van der Waals surface area contributed by atoms with E-state index in [1.807, 2.05) is 55.5 Å². The Labute approximate surface area is 151 Å². The topological polar surface area (TPSA) is 76.2 Å². The average Bonchev–Trinajstić information content (AvgIpc) is 2.89. The Morgan fingerprint density at radius 2 is 1.88 bits per heavy atom. The van der Waals surface area contributed by atoms with Gasteiger partial charge in [-0.1, -0.05) is 42.5 Å². The Morgan fingerprint density at radius 3 is 2.65 bits per heavy atom. The molecule has 3 rings (SSSR count). The Balaban J connectivity index is 1.93.